The topological polar surface area (TPSA) is 74.1 Å². The summed E-state index contributed by atoms with van der Waals surface area (Å²) in [7, 11) is 0. The van der Waals surface area contributed by atoms with Crippen molar-refractivity contribution >= 4 is 28.9 Å². The molecule has 0 radical (unpaired) electrons. The van der Waals surface area contributed by atoms with Gasteiger partial charge in [-0.05, 0) is 36.8 Å². The molecule has 178 valence electrons. The highest BCUT2D eigenvalue weighted by Gasteiger charge is 2.37. The molecular weight excluding hydrogens is 463 g/mol. The van der Waals surface area contributed by atoms with Gasteiger partial charge in [0.05, 0.1) is 11.8 Å². The molecule has 0 spiro atoms. The smallest absolute Gasteiger partial charge is 0.261 e. The predicted octanol–water partition coefficient (Wildman–Crippen LogP) is 4.81. The summed E-state index contributed by atoms with van der Waals surface area (Å²) < 4.78 is 42.5. The van der Waals surface area contributed by atoms with E-state index in [1.54, 1.807) is 33.3 Å². The monoisotopic (exact) mass is 487 g/mol. The van der Waals surface area contributed by atoms with E-state index in [-0.39, 0.29) is 24.0 Å². The van der Waals surface area contributed by atoms with E-state index in [1.165, 1.54) is 12.1 Å². The van der Waals surface area contributed by atoms with E-state index in [1.807, 2.05) is 31.3 Å². The fraction of sp³-hybridized carbons (Fsp3) is 0.348. The summed E-state index contributed by atoms with van der Waals surface area (Å²) in [5, 5.41) is 14.8. The molecule has 0 amide bonds. The molecule has 1 aliphatic heterocycles. The van der Waals surface area contributed by atoms with Crippen molar-refractivity contribution in [1.82, 2.24) is 29.7 Å². The molecule has 1 unspecified atom stereocenters. The lowest BCUT2D eigenvalue weighted by Gasteiger charge is -2.20. The van der Waals surface area contributed by atoms with Gasteiger partial charge in [0.2, 0.25) is 0 Å². The van der Waals surface area contributed by atoms with Gasteiger partial charge in [-0.25, -0.2) is 22.7 Å². The zero-order chi connectivity index (χ0) is 23.7. The summed E-state index contributed by atoms with van der Waals surface area (Å²) in [4.78, 5) is 6.58. The predicted molar refractivity (Wildman–Crippen MR) is 126 cm³/mol. The maximum atomic E-state index is 13.6. The highest BCUT2D eigenvalue weighted by atomic mass is 32.2. The Morgan fingerprint density at radius 1 is 1.24 bits per heavy atom. The molecule has 1 fully saturated rings. The van der Waals surface area contributed by atoms with Crippen LogP contribution in [0.25, 0.3) is 5.52 Å². The average Bonchev–Trinajstić information content (AvgIpc) is 3.52. The van der Waals surface area contributed by atoms with Crippen LogP contribution in [-0.4, -0.2) is 61.0 Å². The average molecular weight is 488 g/mol. The molecule has 11 heteroatoms. The Morgan fingerprint density at radius 3 is 2.76 bits per heavy atom. The molecular formula is C23H24F3N7S. The number of hydrogen-bond acceptors (Lipinski definition) is 6. The normalized spacial score (nSPS) is 16.8. The Bertz CT molecular complexity index is 1270. The number of alkyl halides is 2. The van der Waals surface area contributed by atoms with Crippen molar-refractivity contribution in [2.24, 2.45) is 0 Å². The van der Waals surface area contributed by atoms with E-state index in [0.29, 0.717) is 36.3 Å². The molecule has 3 aromatic heterocycles. The number of rotatable bonds is 8. The Hall–Kier alpha value is -3.05. The molecule has 4 heterocycles. The lowest BCUT2D eigenvalue weighted by molar-refractivity contribution is 0.0128. The molecule has 1 aromatic carbocycles. The maximum absolute atomic E-state index is 13.6. The maximum Gasteiger partial charge on any atom is 0.261 e. The third-order valence-electron chi connectivity index (χ3n) is 5.71. The third-order valence-corrected chi connectivity index (χ3v) is 6.94. The summed E-state index contributed by atoms with van der Waals surface area (Å²) in [6.07, 6.45) is 1.73. The van der Waals surface area contributed by atoms with Crippen molar-refractivity contribution in [3.63, 3.8) is 0 Å². The van der Waals surface area contributed by atoms with Crippen molar-refractivity contribution < 1.29 is 13.2 Å². The fourth-order valence-corrected chi connectivity index (χ4v) is 5.21. The van der Waals surface area contributed by atoms with Crippen LogP contribution >= 0.6 is 11.8 Å². The van der Waals surface area contributed by atoms with Gasteiger partial charge in [-0.2, -0.15) is 10.2 Å². The number of H-pyrrole nitrogens is 1. The van der Waals surface area contributed by atoms with Crippen LogP contribution in [0.4, 0.5) is 24.8 Å². The number of nitrogens with zero attached hydrogens (tertiary/aromatic N) is 5. The zero-order valence-electron chi connectivity index (χ0n) is 18.5. The van der Waals surface area contributed by atoms with Gasteiger partial charge in [-0.3, -0.25) is 10.00 Å². The number of thioether (sulfide) groups is 1. The van der Waals surface area contributed by atoms with Crippen molar-refractivity contribution in [2.75, 3.05) is 30.7 Å². The van der Waals surface area contributed by atoms with Crippen LogP contribution < -0.4 is 5.32 Å². The molecule has 4 aromatic rings. The molecule has 5 rings (SSSR count). The molecule has 0 aliphatic carbocycles. The van der Waals surface area contributed by atoms with E-state index in [4.69, 9.17) is 10.1 Å². The number of aryl methyl sites for hydroxylation is 1. The zero-order valence-corrected chi connectivity index (χ0v) is 19.3. The van der Waals surface area contributed by atoms with Gasteiger partial charge in [0, 0.05) is 43.2 Å². The quantitative estimate of drug-likeness (QED) is 0.372. The van der Waals surface area contributed by atoms with Crippen molar-refractivity contribution in [3.8, 4) is 0 Å². The summed E-state index contributed by atoms with van der Waals surface area (Å²) in [5.74, 6) is -0.590. The number of aromatic nitrogens is 5. The highest BCUT2D eigenvalue weighted by molar-refractivity contribution is 7.99. The van der Waals surface area contributed by atoms with Gasteiger partial charge in [-0.1, -0.05) is 12.1 Å². The van der Waals surface area contributed by atoms with E-state index >= 15 is 0 Å². The van der Waals surface area contributed by atoms with Crippen LogP contribution in [0.3, 0.4) is 0 Å². The Balaban J connectivity index is 1.44. The number of anilines is 2. The van der Waals surface area contributed by atoms with Crippen LogP contribution in [-0.2, 0) is 0 Å². The van der Waals surface area contributed by atoms with Gasteiger partial charge in [0.25, 0.3) is 5.92 Å². The number of fused-ring (bicyclic) bond motifs is 1. The molecule has 0 bridgehead atoms. The first kappa shape index (κ1) is 22.7. The molecule has 7 nitrogen and oxygen atoms in total. The minimum absolute atomic E-state index is 0.103. The molecule has 1 saturated heterocycles. The Kier molecular flexibility index (Phi) is 6.22. The van der Waals surface area contributed by atoms with Crippen LogP contribution in [0.1, 0.15) is 28.8 Å². The lowest BCUT2D eigenvalue weighted by Crippen LogP contribution is -2.27. The minimum atomic E-state index is -2.62. The van der Waals surface area contributed by atoms with Gasteiger partial charge in [0.1, 0.15) is 11.3 Å². The third kappa shape index (κ3) is 5.05. The minimum Gasteiger partial charge on any atom is -0.322 e. The Morgan fingerprint density at radius 2 is 2.06 bits per heavy atom. The lowest BCUT2D eigenvalue weighted by atomic mass is 10.1. The fourth-order valence-electron chi connectivity index (χ4n) is 4.01. The van der Waals surface area contributed by atoms with E-state index in [2.05, 4.69) is 15.5 Å². The molecule has 34 heavy (non-hydrogen) atoms. The van der Waals surface area contributed by atoms with Gasteiger partial charge in [0.15, 0.2) is 17.5 Å². The Labute approximate surface area is 198 Å². The number of nitrogens with one attached hydrogen (secondary N) is 2. The second-order valence-electron chi connectivity index (χ2n) is 8.40. The standard InChI is InChI=1S/C23H24F3N7S/c1-15-13-19(30-29-15)27-21-18-3-2-9-33(18)31-22(28-21)20(16-4-6-17(24)7-5-16)34-12-11-32-10-8-23(25,26)14-32/h2-7,9,13,20H,8,10-12,14H2,1H3,(H2,27,28,29,30,31). The number of benzene rings is 1. The highest BCUT2D eigenvalue weighted by Crippen LogP contribution is 2.36. The molecule has 2 N–H and O–H groups in total. The van der Waals surface area contributed by atoms with Crippen LogP contribution in [0.15, 0.2) is 48.7 Å². The number of halogens is 3. The first-order valence-corrected chi connectivity index (χ1v) is 12.0. The summed E-state index contributed by atoms with van der Waals surface area (Å²) in [5.41, 5.74) is 2.54. The summed E-state index contributed by atoms with van der Waals surface area (Å²) in [6, 6.07) is 11.9. The van der Waals surface area contributed by atoms with Crippen molar-refractivity contribution in [2.45, 2.75) is 24.5 Å². The molecule has 1 atom stereocenters. The van der Waals surface area contributed by atoms with Crippen LogP contribution in [0.5, 0.6) is 0 Å². The van der Waals surface area contributed by atoms with E-state index < -0.39 is 5.92 Å². The second-order valence-corrected chi connectivity index (χ2v) is 9.62. The summed E-state index contributed by atoms with van der Waals surface area (Å²) >= 11 is 1.55. The molecule has 0 saturated carbocycles. The van der Waals surface area contributed by atoms with Gasteiger partial charge < -0.3 is 5.32 Å². The van der Waals surface area contributed by atoms with Crippen molar-refractivity contribution in [3.05, 3.63) is 71.6 Å². The van der Waals surface area contributed by atoms with Crippen molar-refractivity contribution in [1.29, 1.82) is 0 Å². The molecule has 1 aliphatic rings. The second kappa shape index (κ2) is 9.30. The van der Waals surface area contributed by atoms with E-state index in [0.717, 1.165) is 16.8 Å². The van der Waals surface area contributed by atoms with Crippen LogP contribution in [0.2, 0.25) is 0 Å². The number of likely N-dealkylation sites (tertiary alicyclic amines) is 1. The first-order valence-electron chi connectivity index (χ1n) is 11.0. The SMILES string of the molecule is Cc1cc(Nc2nc(C(SCCN3CCC(F)(F)C3)c3ccc(F)cc3)nn3cccc23)n[nH]1. The van der Waals surface area contributed by atoms with E-state index in [9.17, 15) is 13.2 Å². The first-order chi connectivity index (χ1) is 16.4. The number of aromatic amines is 1. The largest absolute Gasteiger partial charge is 0.322 e. The van der Waals surface area contributed by atoms with Gasteiger partial charge >= 0.3 is 0 Å². The van der Waals surface area contributed by atoms with Crippen LogP contribution in [0, 0.1) is 12.7 Å². The van der Waals surface area contributed by atoms with Gasteiger partial charge in [-0.15, -0.1) is 11.8 Å². The number of hydrogen-bond donors (Lipinski definition) is 2. The summed E-state index contributed by atoms with van der Waals surface area (Å²) in [6.45, 7) is 2.62.